The molecule has 12 nitrogen and oxygen atoms in total. The van der Waals surface area contributed by atoms with Crippen LogP contribution in [0, 0.1) is 0 Å². The minimum Gasteiger partial charge on any atom is -0.492 e. The molecule has 66 heavy (non-hydrogen) atoms. The van der Waals surface area contributed by atoms with E-state index in [2.05, 4.69) is 23.1 Å². The maximum Gasteiger partial charge on any atom is 0.330 e. The molecule has 2 aromatic carbocycles. The summed E-state index contributed by atoms with van der Waals surface area (Å²) < 4.78 is 46.0. The third-order valence-electron chi connectivity index (χ3n) is 11.1. The second kappa shape index (κ2) is 31.5. The van der Waals surface area contributed by atoms with Crippen molar-refractivity contribution in [3.8, 4) is 34.0 Å². The number of hydrogen-bond acceptors (Lipinski definition) is 12. The fourth-order valence-electron chi connectivity index (χ4n) is 7.29. The molecule has 1 aliphatic heterocycles. The largest absolute Gasteiger partial charge is 0.492 e. The lowest BCUT2D eigenvalue weighted by atomic mass is 10.1. The Morgan fingerprint density at radius 3 is 1.17 bits per heavy atom. The molecule has 0 aliphatic carbocycles. The van der Waals surface area contributed by atoms with E-state index >= 15 is 0 Å². The first kappa shape index (κ1) is 51.6. The number of ether oxygens (including phenoxy) is 8. The summed E-state index contributed by atoms with van der Waals surface area (Å²) >= 11 is 0. The van der Waals surface area contributed by atoms with E-state index in [1.807, 2.05) is 72.8 Å². The highest BCUT2D eigenvalue weighted by molar-refractivity contribution is 5.81. The molecule has 12 heteroatoms. The molecule has 3 heterocycles. The quantitative estimate of drug-likeness (QED) is 0.0251. The van der Waals surface area contributed by atoms with Gasteiger partial charge < -0.3 is 37.9 Å². The number of unbranched alkanes of at least 4 members (excludes halogenated alkanes) is 14. The number of esters is 2. The van der Waals surface area contributed by atoms with Crippen LogP contribution in [0.3, 0.4) is 0 Å². The van der Waals surface area contributed by atoms with Gasteiger partial charge in [-0.05, 0) is 61.1 Å². The Bertz CT molecular complexity index is 1810. The van der Waals surface area contributed by atoms with Crippen molar-refractivity contribution in [1.29, 1.82) is 0 Å². The Hall–Kier alpha value is -5.40. The summed E-state index contributed by atoms with van der Waals surface area (Å²) in [6.07, 6.45) is 22.5. The highest BCUT2D eigenvalue weighted by atomic mass is 16.8. The molecular formula is C54H70N2O10. The Kier molecular flexibility index (Phi) is 24.6. The van der Waals surface area contributed by atoms with Crippen molar-refractivity contribution in [2.75, 3.05) is 39.6 Å². The lowest BCUT2D eigenvalue weighted by Gasteiger charge is -2.31. The molecule has 1 aliphatic rings. The summed E-state index contributed by atoms with van der Waals surface area (Å²) in [5, 5.41) is 0. The van der Waals surface area contributed by atoms with E-state index in [0.29, 0.717) is 52.9 Å². The minimum absolute atomic E-state index is 0.343. The van der Waals surface area contributed by atoms with Crippen LogP contribution in [0.2, 0.25) is 0 Å². The van der Waals surface area contributed by atoms with E-state index < -0.39 is 12.6 Å². The van der Waals surface area contributed by atoms with Crippen LogP contribution in [0.1, 0.15) is 114 Å². The van der Waals surface area contributed by atoms with Crippen LogP contribution in [0.15, 0.2) is 111 Å². The summed E-state index contributed by atoms with van der Waals surface area (Å²) in [6, 6.07) is 24.2. The molecule has 0 spiro atoms. The number of hydrogen-bond donors (Lipinski definition) is 0. The summed E-state index contributed by atoms with van der Waals surface area (Å²) in [5.41, 5.74) is 5.77. The first-order valence-electron chi connectivity index (χ1n) is 23.9. The molecular weight excluding hydrogens is 837 g/mol. The zero-order valence-corrected chi connectivity index (χ0v) is 38.8. The zero-order valence-electron chi connectivity index (χ0n) is 38.8. The van der Waals surface area contributed by atoms with Crippen molar-refractivity contribution in [2.24, 2.45) is 0 Å². The smallest absolute Gasteiger partial charge is 0.330 e. The second-order valence-electron chi connectivity index (χ2n) is 16.3. The van der Waals surface area contributed by atoms with E-state index in [-0.39, 0.29) is 11.9 Å². The molecule has 0 N–H and O–H groups in total. The van der Waals surface area contributed by atoms with Gasteiger partial charge in [-0.15, -0.1) is 0 Å². The molecule has 0 amide bonds. The number of benzene rings is 2. The van der Waals surface area contributed by atoms with Crippen molar-refractivity contribution >= 4 is 11.9 Å². The molecule has 5 rings (SSSR count). The van der Waals surface area contributed by atoms with E-state index in [4.69, 9.17) is 37.9 Å². The van der Waals surface area contributed by atoms with Crippen LogP contribution in [-0.4, -0.2) is 74.1 Å². The molecule has 2 unspecified atom stereocenters. The molecule has 2 atom stereocenters. The molecule has 4 aromatic rings. The fourth-order valence-corrected chi connectivity index (χ4v) is 7.29. The first-order chi connectivity index (χ1) is 32.5. The lowest BCUT2D eigenvalue weighted by Crippen LogP contribution is -2.41. The van der Waals surface area contributed by atoms with E-state index in [1.165, 1.54) is 50.7 Å². The first-order valence-corrected chi connectivity index (χ1v) is 23.9. The highest BCUT2D eigenvalue weighted by Gasteiger charge is 2.29. The predicted octanol–water partition coefficient (Wildman–Crippen LogP) is 11.7. The Labute approximate surface area is 392 Å². The summed E-state index contributed by atoms with van der Waals surface area (Å²) in [7, 11) is 0. The van der Waals surface area contributed by atoms with Crippen molar-refractivity contribution in [3.05, 3.63) is 122 Å². The fraction of sp³-hybridized carbons (Fsp3) is 0.481. The van der Waals surface area contributed by atoms with E-state index in [9.17, 15) is 9.59 Å². The molecule has 0 bridgehead atoms. The van der Waals surface area contributed by atoms with Crippen LogP contribution < -0.4 is 9.47 Å². The third kappa shape index (κ3) is 20.4. The highest BCUT2D eigenvalue weighted by Crippen LogP contribution is 2.24. The van der Waals surface area contributed by atoms with Crippen molar-refractivity contribution in [1.82, 2.24) is 9.97 Å². The number of carbonyl (C=O) groups excluding carboxylic acids is 2. The Morgan fingerprint density at radius 2 is 0.833 bits per heavy atom. The molecule has 1 fully saturated rings. The molecule has 2 aromatic heterocycles. The van der Waals surface area contributed by atoms with Crippen LogP contribution in [-0.2, 0) is 51.2 Å². The van der Waals surface area contributed by atoms with Crippen LogP contribution >= 0.6 is 0 Å². The monoisotopic (exact) mass is 907 g/mol. The SMILES string of the molecule is C=CC(=O)OCCCCCCCCCCOc1ccc(-c2ccc(COC3OCCOC3OCc3ccc(-c4ccc(OCCCCCCCCCCOC(=O)C=C)cn4)cc3)cc2)nc1. The van der Waals surface area contributed by atoms with Gasteiger partial charge in [0.2, 0.25) is 12.6 Å². The van der Waals surface area contributed by atoms with Gasteiger partial charge in [0.1, 0.15) is 11.5 Å². The number of pyridine rings is 2. The van der Waals surface area contributed by atoms with Gasteiger partial charge in [0.25, 0.3) is 0 Å². The minimum atomic E-state index is -0.653. The van der Waals surface area contributed by atoms with Crippen LogP contribution in [0.5, 0.6) is 11.5 Å². The Balaban J connectivity index is 0.914. The predicted molar refractivity (Wildman–Crippen MR) is 256 cm³/mol. The van der Waals surface area contributed by atoms with E-state index in [0.717, 1.165) is 109 Å². The maximum atomic E-state index is 11.1. The van der Waals surface area contributed by atoms with Gasteiger partial charge in [-0.25, -0.2) is 9.59 Å². The van der Waals surface area contributed by atoms with Gasteiger partial charge in [-0.3, -0.25) is 9.97 Å². The third-order valence-corrected chi connectivity index (χ3v) is 11.1. The standard InChI is InChI=1S/C54H70N2O10/c1-3-51(57)61-35-19-15-11-7-5-9-13-17-33-59-47-29-31-49(55-39-47)45-25-21-43(22-26-45)41-65-53-54(64-38-37-63-53)66-42-44-23-27-46(28-24-44)50-32-30-48(40-56-50)60-34-18-14-10-6-8-12-16-20-36-62-52(58)4-2/h3-4,21-32,39-40,53-54H,1-2,5-20,33-38,41-42H2. The summed E-state index contributed by atoms with van der Waals surface area (Å²) in [4.78, 5) is 31.4. The molecule has 0 radical (unpaired) electrons. The van der Waals surface area contributed by atoms with Crippen LogP contribution in [0.4, 0.5) is 0 Å². The van der Waals surface area contributed by atoms with E-state index in [1.54, 1.807) is 12.4 Å². The van der Waals surface area contributed by atoms with Crippen molar-refractivity contribution in [3.63, 3.8) is 0 Å². The van der Waals surface area contributed by atoms with Gasteiger partial charge in [0.15, 0.2) is 0 Å². The van der Waals surface area contributed by atoms with Crippen molar-refractivity contribution < 1.29 is 47.5 Å². The van der Waals surface area contributed by atoms with Gasteiger partial charge in [-0.1, -0.05) is 139 Å². The Morgan fingerprint density at radius 1 is 0.485 bits per heavy atom. The van der Waals surface area contributed by atoms with Gasteiger partial charge in [0, 0.05) is 23.3 Å². The second-order valence-corrected chi connectivity index (χ2v) is 16.3. The number of aromatic nitrogens is 2. The average Bonchev–Trinajstić information content (AvgIpc) is 3.36. The average molecular weight is 907 g/mol. The maximum absolute atomic E-state index is 11.1. The van der Waals surface area contributed by atoms with Gasteiger partial charge in [0.05, 0.1) is 76.6 Å². The summed E-state index contributed by atoms with van der Waals surface area (Å²) in [5.74, 6) is 0.857. The topological polar surface area (TPSA) is 134 Å². The van der Waals surface area contributed by atoms with Crippen LogP contribution in [0.25, 0.3) is 22.5 Å². The number of rotatable bonds is 34. The molecule has 356 valence electrons. The molecule has 0 saturated carbocycles. The lowest BCUT2D eigenvalue weighted by molar-refractivity contribution is -0.326. The number of nitrogens with zero attached hydrogens (tertiary/aromatic N) is 2. The van der Waals surface area contributed by atoms with Gasteiger partial charge in [-0.2, -0.15) is 0 Å². The normalized spacial score (nSPS) is 14.6. The number of carbonyl (C=O) groups is 2. The van der Waals surface area contributed by atoms with Gasteiger partial charge >= 0.3 is 11.9 Å². The molecule has 1 saturated heterocycles. The van der Waals surface area contributed by atoms with Crippen molar-refractivity contribution in [2.45, 2.75) is 129 Å². The summed E-state index contributed by atoms with van der Waals surface area (Å²) in [6.45, 7) is 10.7. The zero-order chi connectivity index (χ0) is 46.3.